The van der Waals surface area contributed by atoms with Crippen LogP contribution in [0.5, 0.6) is 5.75 Å². The summed E-state index contributed by atoms with van der Waals surface area (Å²) in [7, 11) is -1.90. The summed E-state index contributed by atoms with van der Waals surface area (Å²) in [4.78, 5) is 12.0. The van der Waals surface area contributed by atoms with E-state index in [0.717, 1.165) is 11.3 Å². The normalized spacial score (nSPS) is 12.3. The summed E-state index contributed by atoms with van der Waals surface area (Å²) < 4.78 is 6.29. The molecule has 4 nitrogen and oxygen atoms in total. The molecule has 0 saturated carbocycles. The van der Waals surface area contributed by atoms with Crippen LogP contribution in [0, 0.1) is 0 Å². The highest BCUT2D eigenvalue weighted by Crippen LogP contribution is 2.37. The number of benzene rings is 1. The van der Waals surface area contributed by atoms with Gasteiger partial charge < -0.3 is 4.43 Å². The van der Waals surface area contributed by atoms with Crippen molar-refractivity contribution in [2.75, 3.05) is 0 Å². The maximum atomic E-state index is 6.29. The van der Waals surface area contributed by atoms with E-state index in [9.17, 15) is 0 Å². The van der Waals surface area contributed by atoms with Crippen molar-refractivity contribution in [3.05, 3.63) is 34.8 Å². The Kier molecular flexibility index (Phi) is 4.80. The molecule has 1 aromatic carbocycles. The Morgan fingerprint density at radius 1 is 1.00 bits per heavy atom. The maximum absolute atomic E-state index is 6.29. The lowest BCUT2D eigenvalue weighted by molar-refractivity contribution is 0.492. The molecule has 7 heteroatoms. The molecule has 2 rings (SSSR count). The molecule has 0 bridgehead atoms. The third-order valence-electron chi connectivity index (χ3n) is 3.85. The first-order valence-electron chi connectivity index (χ1n) is 6.95. The zero-order valence-corrected chi connectivity index (χ0v) is 15.8. The van der Waals surface area contributed by atoms with Crippen LogP contribution in [0.1, 0.15) is 20.8 Å². The Balaban J connectivity index is 2.35. The van der Waals surface area contributed by atoms with E-state index in [1.807, 2.05) is 24.3 Å². The molecule has 0 saturated heterocycles. The Hall–Kier alpha value is -1.17. The molecule has 0 atom stereocenters. The molecular weight excluding hydrogens is 337 g/mol. The van der Waals surface area contributed by atoms with E-state index >= 15 is 0 Å². The van der Waals surface area contributed by atoms with Crippen molar-refractivity contribution in [3.8, 4) is 17.1 Å². The van der Waals surface area contributed by atoms with Gasteiger partial charge in [-0.1, -0.05) is 32.9 Å². The minimum Gasteiger partial charge on any atom is -0.543 e. The highest BCUT2D eigenvalue weighted by atomic mass is 35.5. The Morgan fingerprint density at radius 2 is 1.59 bits per heavy atom. The summed E-state index contributed by atoms with van der Waals surface area (Å²) in [5.74, 6) is 1.24. The van der Waals surface area contributed by atoms with Gasteiger partial charge in [0.05, 0.1) is 0 Å². The Labute approximate surface area is 142 Å². The lowest BCUT2D eigenvalue weighted by Crippen LogP contribution is -2.43. The van der Waals surface area contributed by atoms with Crippen LogP contribution in [0.25, 0.3) is 11.4 Å². The fraction of sp³-hybridized carbons (Fsp3) is 0.400. The molecular formula is C15H19Cl2N3OSi. The van der Waals surface area contributed by atoms with Crippen LogP contribution in [-0.2, 0) is 0 Å². The maximum Gasteiger partial charge on any atom is 0.250 e. The quantitative estimate of drug-likeness (QED) is 0.707. The number of aromatic nitrogens is 3. The largest absolute Gasteiger partial charge is 0.543 e. The zero-order chi connectivity index (χ0) is 16.5. The predicted octanol–water partition coefficient (Wildman–Crippen LogP) is 5.23. The van der Waals surface area contributed by atoms with E-state index in [-0.39, 0.29) is 15.6 Å². The minimum absolute atomic E-state index is 0.0747. The van der Waals surface area contributed by atoms with E-state index in [0.29, 0.717) is 5.82 Å². The van der Waals surface area contributed by atoms with Gasteiger partial charge in [-0.05, 0) is 53.5 Å². The molecule has 0 aliphatic rings. The van der Waals surface area contributed by atoms with Crippen LogP contribution >= 0.6 is 23.2 Å². The van der Waals surface area contributed by atoms with Gasteiger partial charge in [-0.15, -0.1) is 0 Å². The van der Waals surface area contributed by atoms with Gasteiger partial charge in [0.25, 0.3) is 0 Å². The lowest BCUT2D eigenvalue weighted by atomic mass is 10.2. The van der Waals surface area contributed by atoms with Crippen molar-refractivity contribution in [3.63, 3.8) is 0 Å². The van der Waals surface area contributed by atoms with Crippen LogP contribution in [0.2, 0.25) is 28.7 Å². The third-order valence-corrected chi connectivity index (χ3v) is 8.55. The lowest BCUT2D eigenvalue weighted by Gasteiger charge is -2.36. The molecule has 1 aromatic heterocycles. The molecule has 0 fully saturated rings. The molecule has 118 valence electrons. The first-order valence-corrected chi connectivity index (χ1v) is 10.6. The highest BCUT2D eigenvalue weighted by molar-refractivity contribution is 6.74. The van der Waals surface area contributed by atoms with E-state index in [4.69, 9.17) is 27.6 Å². The average molecular weight is 356 g/mol. The molecule has 0 N–H and O–H groups in total. The van der Waals surface area contributed by atoms with Gasteiger partial charge in [0.2, 0.25) is 18.9 Å². The Bertz CT molecular complexity index is 666. The summed E-state index contributed by atoms with van der Waals surface area (Å²) in [6, 6.07) is 7.64. The summed E-state index contributed by atoms with van der Waals surface area (Å²) in [5, 5.41) is 0.277. The monoisotopic (exact) mass is 355 g/mol. The second kappa shape index (κ2) is 6.14. The van der Waals surface area contributed by atoms with Gasteiger partial charge in [0, 0.05) is 5.56 Å². The molecule has 0 amide bonds. The topological polar surface area (TPSA) is 47.9 Å². The van der Waals surface area contributed by atoms with E-state index in [1.54, 1.807) is 0 Å². The van der Waals surface area contributed by atoms with Gasteiger partial charge >= 0.3 is 0 Å². The van der Waals surface area contributed by atoms with Gasteiger partial charge in [0.15, 0.2) is 5.82 Å². The van der Waals surface area contributed by atoms with Crippen molar-refractivity contribution in [2.45, 2.75) is 38.9 Å². The fourth-order valence-electron chi connectivity index (χ4n) is 1.60. The molecule has 1 heterocycles. The van der Waals surface area contributed by atoms with Crippen molar-refractivity contribution >= 4 is 31.5 Å². The first-order chi connectivity index (χ1) is 10.1. The van der Waals surface area contributed by atoms with Crippen molar-refractivity contribution in [1.82, 2.24) is 15.0 Å². The number of rotatable bonds is 3. The standard InChI is InChI=1S/C15H19Cl2N3OSi/c1-15(2,3)22(4,5)21-11-8-6-7-10(9-11)12-18-13(16)20-14(17)19-12/h6-9H,1-5H3. The van der Waals surface area contributed by atoms with Crippen LogP contribution in [-0.4, -0.2) is 23.3 Å². The van der Waals surface area contributed by atoms with Gasteiger partial charge in [-0.2, -0.15) is 15.0 Å². The molecule has 0 aliphatic heterocycles. The van der Waals surface area contributed by atoms with Crippen LogP contribution < -0.4 is 4.43 Å². The van der Waals surface area contributed by atoms with Crippen molar-refractivity contribution in [1.29, 1.82) is 0 Å². The first kappa shape index (κ1) is 17.2. The van der Waals surface area contributed by atoms with Gasteiger partial charge in [-0.3, -0.25) is 0 Å². The second-order valence-corrected chi connectivity index (χ2v) is 12.0. The van der Waals surface area contributed by atoms with Gasteiger partial charge in [0.1, 0.15) is 5.75 Å². The van der Waals surface area contributed by atoms with Crippen molar-refractivity contribution < 1.29 is 4.43 Å². The van der Waals surface area contributed by atoms with Crippen molar-refractivity contribution in [2.24, 2.45) is 0 Å². The van der Waals surface area contributed by atoms with E-state index in [1.165, 1.54) is 0 Å². The average Bonchev–Trinajstić information content (AvgIpc) is 2.36. The van der Waals surface area contributed by atoms with Crippen LogP contribution in [0.15, 0.2) is 24.3 Å². The summed E-state index contributed by atoms with van der Waals surface area (Å²) in [5.41, 5.74) is 0.794. The molecule has 0 spiro atoms. The zero-order valence-electron chi connectivity index (χ0n) is 13.3. The smallest absolute Gasteiger partial charge is 0.250 e. The summed E-state index contributed by atoms with van der Waals surface area (Å²) in [6.07, 6.45) is 0. The molecule has 0 radical (unpaired) electrons. The third kappa shape index (κ3) is 3.97. The number of hydrogen-bond acceptors (Lipinski definition) is 4. The number of hydrogen-bond donors (Lipinski definition) is 0. The highest BCUT2D eigenvalue weighted by Gasteiger charge is 2.38. The second-order valence-electron chi connectivity index (χ2n) is 6.59. The summed E-state index contributed by atoms with van der Waals surface area (Å²) in [6.45, 7) is 11.0. The minimum atomic E-state index is -1.90. The van der Waals surface area contributed by atoms with Gasteiger partial charge in [-0.25, -0.2) is 0 Å². The van der Waals surface area contributed by atoms with E-state index < -0.39 is 8.32 Å². The summed E-state index contributed by atoms with van der Waals surface area (Å²) >= 11 is 11.7. The molecule has 0 unspecified atom stereocenters. The van der Waals surface area contributed by atoms with Crippen LogP contribution in [0.3, 0.4) is 0 Å². The molecule has 2 aromatic rings. The fourth-order valence-corrected chi connectivity index (χ4v) is 2.99. The Morgan fingerprint density at radius 3 is 2.14 bits per heavy atom. The predicted molar refractivity (Wildman–Crippen MR) is 93.1 cm³/mol. The molecule has 0 aliphatic carbocycles. The molecule has 22 heavy (non-hydrogen) atoms. The SMILES string of the molecule is CC(C)(C)[Si](C)(C)Oc1cccc(-c2nc(Cl)nc(Cl)n2)c1. The van der Waals surface area contributed by atoms with Crippen LogP contribution in [0.4, 0.5) is 0 Å². The van der Waals surface area contributed by atoms with E-state index in [2.05, 4.69) is 48.8 Å². The number of halogens is 2. The number of nitrogens with zero attached hydrogens (tertiary/aromatic N) is 3.